The van der Waals surface area contributed by atoms with Crippen LogP contribution in [0.4, 0.5) is 4.39 Å². The van der Waals surface area contributed by atoms with Crippen molar-refractivity contribution in [2.24, 2.45) is 11.1 Å². The predicted octanol–water partition coefficient (Wildman–Crippen LogP) is 4.16. The lowest BCUT2D eigenvalue weighted by atomic mass is 9.93. The van der Waals surface area contributed by atoms with E-state index < -0.39 is 0 Å². The molecular formula is C17H24Cl2FN3OS. The van der Waals surface area contributed by atoms with Gasteiger partial charge in [-0.05, 0) is 43.1 Å². The van der Waals surface area contributed by atoms with E-state index in [1.54, 1.807) is 24.1 Å². The summed E-state index contributed by atoms with van der Waals surface area (Å²) in [6.07, 6.45) is 0. The second kappa shape index (κ2) is 9.48. The van der Waals surface area contributed by atoms with Gasteiger partial charge in [0.25, 0.3) is 5.91 Å². The van der Waals surface area contributed by atoms with E-state index in [-0.39, 0.29) is 42.0 Å². The number of amides is 1. The van der Waals surface area contributed by atoms with Crippen LogP contribution in [0, 0.1) is 18.2 Å². The summed E-state index contributed by atoms with van der Waals surface area (Å²) in [6, 6.07) is 6.12. The molecular weight excluding hydrogens is 384 g/mol. The Labute approximate surface area is 164 Å². The van der Waals surface area contributed by atoms with Crippen LogP contribution in [0.2, 0.25) is 0 Å². The molecule has 8 heteroatoms. The quantitative estimate of drug-likeness (QED) is 0.808. The van der Waals surface area contributed by atoms with Crippen molar-refractivity contribution in [3.8, 4) is 10.6 Å². The van der Waals surface area contributed by atoms with Gasteiger partial charge in [0, 0.05) is 19.2 Å². The van der Waals surface area contributed by atoms with Gasteiger partial charge in [0.1, 0.15) is 15.7 Å². The second-order valence-electron chi connectivity index (χ2n) is 6.47. The van der Waals surface area contributed by atoms with Crippen molar-refractivity contribution in [2.75, 3.05) is 20.1 Å². The van der Waals surface area contributed by atoms with Crippen LogP contribution in [0.5, 0.6) is 0 Å². The summed E-state index contributed by atoms with van der Waals surface area (Å²) < 4.78 is 13.0. The monoisotopic (exact) mass is 407 g/mol. The largest absolute Gasteiger partial charge is 0.340 e. The number of rotatable bonds is 5. The van der Waals surface area contributed by atoms with Gasteiger partial charge in [-0.15, -0.1) is 36.2 Å². The molecule has 1 amide bonds. The molecule has 0 spiro atoms. The third kappa shape index (κ3) is 5.92. The first-order valence-electron chi connectivity index (χ1n) is 7.42. The third-order valence-corrected chi connectivity index (χ3v) is 4.84. The van der Waals surface area contributed by atoms with E-state index in [0.29, 0.717) is 23.7 Å². The number of carbonyl (C=O) groups excluding carboxylic acids is 1. The molecule has 1 aromatic heterocycles. The van der Waals surface area contributed by atoms with Crippen LogP contribution in [0.25, 0.3) is 10.6 Å². The van der Waals surface area contributed by atoms with Crippen LogP contribution in [0.1, 0.15) is 29.2 Å². The van der Waals surface area contributed by atoms with Crippen LogP contribution in [0.3, 0.4) is 0 Å². The molecule has 0 bridgehead atoms. The maximum atomic E-state index is 13.0. The zero-order chi connectivity index (χ0) is 17.2. The summed E-state index contributed by atoms with van der Waals surface area (Å²) in [4.78, 5) is 19.4. The number of aryl methyl sites for hydroxylation is 1. The summed E-state index contributed by atoms with van der Waals surface area (Å²) in [5.74, 6) is -0.350. The fraction of sp³-hybridized carbons (Fsp3) is 0.412. The Bertz CT molecular complexity index is 704. The maximum Gasteiger partial charge on any atom is 0.265 e. The summed E-state index contributed by atoms with van der Waals surface area (Å²) in [6.45, 7) is 6.96. The lowest BCUT2D eigenvalue weighted by Crippen LogP contribution is -2.39. The van der Waals surface area contributed by atoms with Gasteiger partial charge in [-0.3, -0.25) is 4.79 Å². The Kier molecular flexibility index (Phi) is 9.02. The van der Waals surface area contributed by atoms with Crippen molar-refractivity contribution in [2.45, 2.75) is 20.8 Å². The van der Waals surface area contributed by atoms with Crippen LogP contribution < -0.4 is 5.73 Å². The zero-order valence-corrected chi connectivity index (χ0v) is 17.2. The number of hydrogen-bond acceptors (Lipinski definition) is 4. The van der Waals surface area contributed by atoms with Crippen molar-refractivity contribution < 1.29 is 9.18 Å². The molecule has 4 nitrogen and oxygen atoms in total. The Balaban J connectivity index is 0.00000288. The fourth-order valence-electron chi connectivity index (χ4n) is 2.26. The molecule has 0 aliphatic rings. The van der Waals surface area contributed by atoms with Gasteiger partial charge in [-0.2, -0.15) is 0 Å². The number of benzene rings is 1. The number of nitrogens with two attached hydrogens (primary N) is 1. The molecule has 0 atom stereocenters. The molecule has 25 heavy (non-hydrogen) atoms. The topological polar surface area (TPSA) is 59.2 Å². The van der Waals surface area contributed by atoms with Crippen LogP contribution in [-0.2, 0) is 0 Å². The lowest BCUT2D eigenvalue weighted by molar-refractivity contribution is 0.0744. The van der Waals surface area contributed by atoms with E-state index in [2.05, 4.69) is 4.98 Å². The van der Waals surface area contributed by atoms with Gasteiger partial charge in [0.15, 0.2) is 0 Å². The maximum absolute atomic E-state index is 13.0. The van der Waals surface area contributed by atoms with E-state index in [4.69, 9.17) is 5.73 Å². The minimum absolute atomic E-state index is 0. The average molecular weight is 408 g/mol. The fourth-order valence-corrected chi connectivity index (χ4v) is 3.33. The molecule has 2 aromatic rings. The highest BCUT2D eigenvalue weighted by Gasteiger charge is 2.25. The Morgan fingerprint density at radius 3 is 2.36 bits per heavy atom. The molecule has 0 aliphatic carbocycles. The van der Waals surface area contributed by atoms with E-state index in [1.165, 1.54) is 23.5 Å². The van der Waals surface area contributed by atoms with Crippen molar-refractivity contribution in [1.29, 1.82) is 0 Å². The van der Waals surface area contributed by atoms with Gasteiger partial charge < -0.3 is 10.6 Å². The van der Waals surface area contributed by atoms with E-state index in [1.807, 2.05) is 20.8 Å². The SMILES string of the molecule is Cc1nc(-c2ccc(F)cc2)sc1C(=O)N(C)CC(C)(C)CN.Cl.Cl. The van der Waals surface area contributed by atoms with Crippen LogP contribution in [-0.4, -0.2) is 35.9 Å². The molecule has 2 rings (SSSR count). The number of nitrogens with zero attached hydrogens (tertiary/aromatic N) is 2. The molecule has 0 fully saturated rings. The normalized spacial score (nSPS) is 10.6. The van der Waals surface area contributed by atoms with Crippen LogP contribution >= 0.6 is 36.2 Å². The molecule has 0 aliphatic heterocycles. The number of hydrogen-bond donors (Lipinski definition) is 1. The summed E-state index contributed by atoms with van der Waals surface area (Å²) in [5.41, 5.74) is 7.10. The Hall–Kier alpha value is -1.21. The summed E-state index contributed by atoms with van der Waals surface area (Å²) >= 11 is 1.33. The van der Waals surface area contributed by atoms with E-state index in [0.717, 1.165) is 10.6 Å². The molecule has 0 radical (unpaired) electrons. The van der Waals surface area contributed by atoms with Crippen molar-refractivity contribution >= 4 is 42.1 Å². The van der Waals surface area contributed by atoms with Gasteiger partial charge in [-0.25, -0.2) is 9.37 Å². The zero-order valence-electron chi connectivity index (χ0n) is 14.7. The molecule has 0 unspecified atom stereocenters. The smallest absolute Gasteiger partial charge is 0.265 e. The highest BCUT2D eigenvalue weighted by molar-refractivity contribution is 7.17. The number of halogens is 3. The molecule has 1 heterocycles. The van der Waals surface area contributed by atoms with Crippen molar-refractivity contribution in [3.05, 3.63) is 40.7 Å². The molecule has 0 saturated carbocycles. The Morgan fingerprint density at radius 2 is 1.84 bits per heavy atom. The minimum atomic E-state index is -0.290. The summed E-state index contributed by atoms with van der Waals surface area (Å²) in [5, 5.41) is 0.720. The lowest BCUT2D eigenvalue weighted by Gasteiger charge is -2.28. The predicted molar refractivity (Wildman–Crippen MR) is 107 cm³/mol. The number of thiazole rings is 1. The average Bonchev–Trinajstić information content (AvgIpc) is 2.88. The first kappa shape index (κ1) is 23.8. The van der Waals surface area contributed by atoms with Gasteiger partial charge in [0.05, 0.1) is 5.69 Å². The Morgan fingerprint density at radius 1 is 1.28 bits per heavy atom. The molecule has 2 N–H and O–H groups in total. The van der Waals surface area contributed by atoms with Gasteiger partial charge in [-0.1, -0.05) is 13.8 Å². The third-order valence-electron chi connectivity index (χ3n) is 3.65. The van der Waals surface area contributed by atoms with Gasteiger partial charge in [0.2, 0.25) is 0 Å². The highest BCUT2D eigenvalue weighted by Crippen LogP contribution is 2.29. The molecule has 1 aromatic carbocycles. The highest BCUT2D eigenvalue weighted by atomic mass is 35.5. The van der Waals surface area contributed by atoms with Crippen molar-refractivity contribution in [3.63, 3.8) is 0 Å². The first-order chi connectivity index (χ1) is 10.7. The number of carbonyl (C=O) groups is 1. The number of aromatic nitrogens is 1. The first-order valence-corrected chi connectivity index (χ1v) is 8.24. The minimum Gasteiger partial charge on any atom is -0.340 e. The standard InChI is InChI=1S/C17H22FN3OS.2ClH/c1-11-14(16(22)21(4)10-17(2,3)9-19)23-15(20-11)12-5-7-13(18)8-6-12;;/h5-8H,9-10,19H2,1-4H3;2*1H. The van der Waals surface area contributed by atoms with Gasteiger partial charge >= 0.3 is 0 Å². The molecule has 0 saturated heterocycles. The van der Waals surface area contributed by atoms with E-state index in [9.17, 15) is 9.18 Å². The van der Waals surface area contributed by atoms with Crippen LogP contribution in [0.15, 0.2) is 24.3 Å². The van der Waals surface area contributed by atoms with E-state index >= 15 is 0 Å². The summed E-state index contributed by atoms with van der Waals surface area (Å²) in [7, 11) is 1.77. The second-order valence-corrected chi connectivity index (χ2v) is 7.47. The molecule has 140 valence electrons. The van der Waals surface area contributed by atoms with Crippen molar-refractivity contribution in [1.82, 2.24) is 9.88 Å².